The van der Waals surface area contributed by atoms with Gasteiger partial charge in [-0.25, -0.2) is 4.98 Å². The minimum atomic E-state index is -0.169. The van der Waals surface area contributed by atoms with Gasteiger partial charge in [0.2, 0.25) is 5.88 Å². The minimum Gasteiger partial charge on any atom is -0.476 e. The third kappa shape index (κ3) is 4.61. The third-order valence-electron chi connectivity index (χ3n) is 4.09. The summed E-state index contributed by atoms with van der Waals surface area (Å²) in [6.07, 6.45) is 6.17. The van der Waals surface area contributed by atoms with Gasteiger partial charge in [0.05, 0.1) is 6.61 Å². The molecule has 0 bridgehead atoms. The van der Waals surface area contributed by atoms with Crippen molar-refractivity contribution in [3.05, 3.63) is 105 Å². The SMILES string of the molecule is C=CCCOc1n/c(=C\c2ccccc2)c(=O)n(C)/c1=C\c1ccccc1. The van der Waals surface area contributed by atoms with Crippen molar-refractivity contribution in [3.8, 4) is 5.88 Å². The van der Waals surface area contributed by atoms with E-state index < -0.39 is 0 Å². The second-order valence-corrected chi connectivity index (χ2v) is 6.09. The summed E-state index contributed by atoms with van der Waals surface area (Å²) in [4.78, 5) is 17.4. The van der Waals surface area contributed by atoms with Crippen LogP contribution in [0.3, 0.4) is 0 Å². The molecule has 0 saturated heterocycles. The van der Waals surface area contributed by atoms with Gasteiger partial charge in [-0.1, -0.05) is 66.7 Å². The van der Waals surface area contributed by atoms with Gasteiger partial charge in [-0.05, 0) is 29.7 Å². The van der Waals surface area contributed by atoms with Crippen LogP contribution in [0.2, 0.25) is 0 Å². The van der Waals surface area contributed by atoms with Gasteiger partial charge in [0.25, 0.3) is 5.56 Å². The van der Waals surface area contributed by atoms with Gasteiger partial charge < -0.3 is 9.30 Å². The molecule has 0 atom stereocenters. The highest BCUT2D eigenvalue weighted by molar-refractivity contribution is 5.51. The molecule has 0 aliphatic heterocycles. The molecular formula is C23H22N2O2. The summed E-state index contributed by atoms with van der Waals surface area (Å²) in [7, 11) is 1.74. The van der Waals surface area contributed by atoms with Crippen LogP contribution in [0.1, 0.15) is 17.5 Å². The second kappa shape index (κ2) is 8.81. The number of rotatable bonds is 6. The molecule has 0 amide bonds. The van der Waals surface area contributed by atoms with E-state index in [-0.39, 0.29) is 5.56 Å². The Balaban J connectivity index is 2.20. The monoisotopic (exact) mass is 358 g/mol. The Morgan fingerprint density at radius 3 is 2.19 bits per heavy atom. The smallest absolute Gasteiger partial charge is 0.276 e. The fraction of sp³-hybridized carbons (Fsp3) is 0.130. The van der Waals surface area contributed by atoms with E-state index in [1.807, 2.05) is 66.7 Å². The first-order valence-electron chi connectivity index (χ1n) is 8.83. The summed E-state index contributed by atoms with van der Waals surface area (Å²) >= 11 is 0. The number of ether oxygens (including phenoxy) is 1. The zero-order valence-corrected chi connectivity index (χ0v) is 15.3. The van der Waals surface area contributed by atoms with Crippen LogP contribution in [0.15, 0.2) is 78.1 Å². The minimum absolute atomic E-state index is 0.169. The van der Waals surface area contributed by atoms with Crippen molar-refractivity contribution in [2.75, 3.05) is 6.61 Å². The maximum Gasteiger partial charge on any atom is 0.276 e. The zero-order valence-electron chi connectivity index (χ0n) is 15.3. The Morgan fingerprint density at radius 1 is 1.00 bits per heavy atom. The predicted molar refractivity (Wildman–Crippen MR) is 109 cm³/mol. The van der Waals surface area contributed by atoms with E-state index in [0.29, 0.717) is 29.6 Å². The topological polar surface area (TPSA) is 44.1 Å². The molecule has 0 radical (unpaired) electrons. The molecule has 0 aliphatic carbocycles. The first-order chi connectivity index (χ1) is 13.2. The summed E-state index contributed by atoms with van der Waals surface area (Å²) in [5, 5.41) is 0.989. The van der Waals surface area contributed by atoms with Crippen molar-refractivity contribution in [2.45, 2.75) is 6.42 Å². The molecule has 3 aromatic rings. The van der Waals surface area contributed by atoms with E-state index in [2.05, 4.69) is 11.6 Å². The largest absolute Gasteiger partial charge is 0.476 e. The number of aromatic nitrogens is 2. The van der Waals surface area contributed by atoms with E-state index >= 15 is 0 Å². The van der Waals surface area contributed by atoms with Crippen molar-refractivity contribution in [2.24, 2.45) is 7.05 Å². The Labute approximate surface area is 158 Å². The third-order valence-corrected chi connectivity index (χ3v) is 4.09. The quantitative estimate of drug-likeness (QED) is 0.502. The molecule has 0 aliphatic rings. The number of hydrogen-bond acceptors (Lipinski definition) is 3. The van der Waals surface area contributed by atoms with Gasteiger partial charge in [-0.2, -0.15) is 0 Å². The molecule has 0 N–H and O–H groups in total. The zero-order chi connectivity index (χ0) is 19.1. The lowest BCUT2D eigenvalue weighted by molar-refractivity contribution is 0.304. The molecule has 136 valence electrons. The van der Waals surface area contributed by atoms with Crippen LogP contribution in [0, 0.1) is 0 Å². The van der Waals surface area contributed by atoms with Crippen molar-refractivity contribution in [1.29, 1.82) is 0 Å². The Bertz CT molecular complexity index is 1080. The van der Waals surface area contributed by atoms with Gasteiger partial charge in [0.1, 0.15) is 10.7 Å². The van der Waals surface area contributed by atoms with E-state index in [1.165, 1.54) is 0 Å². The molecule has 0 spiro atoms. The molecule has 27 heavy (non-hydrogen) atoms. The molecular weight excluding hydrogens is 336 g/mol. The molecule has 0 saturated carbocycles. The Morgan fingerprint density at radius 2 is 1.59 bits per heavy atom. The lowest BCUT2D eigenvalue weighted by Crippen LogP contribution is -2.44. The highest BCUT2D eigenvalue weighted by Crippen LogP contribution is 2.02. The average molecular weight is 358 g/mol. The fourth-order valence-electron chi connectivity index (χ4n) is 2.65. The van der Waals surface area contributed by atoms with Crippen LogP contribution in [0.4, 0.5) is 0 Å². The summed E-state index contributed by atoms with van der Waals surface area (Å²) in [6.45, 7) is 4.17. The lowest BCUT2D eigenvalue weighted by Gasteiger charge is -2.08. The lowest BCUT2D eigenvalue weighted by atomic mass is 10.2. The molecule has 2 aromatic carbocycles. The Kier molecular flexibility index (Phi) is 6.00. The highest BCUT2D eigenvalue weighted by atomic mass is 16.5. The molecule has 4 nitrogen and oxygen atoms in total. The molecule has 1 aromatic heterocycles. The van der Waals surface area contributed by atoms with Crippen LogP contribution in [0.25, 0.3) is 12.2 Å². The normalized spacial score (nSPS) is 12.2. The van der Waals surface area contributed by atoms with Crippen molar-refractivity contribution in [3.63, 3.8) is 0 Å². The standard InChI is InChI=1S/C23H22N2O2/c1-3-4-15-27-22-21(17-19-13-9-6-10-14-19)25(2)23(26)20(24-22)16-18-11-7-5-8-12-18/h3,5-14,16-17H,1,4,15H2,2H3/b20-16-,21-17-. The van der Waals surface area contributed by atoms with Crippen LogP contribution in [-0.4, -0.2) is 16.2 Å². The number of hydrogen-bond donors (Lipinski definition) is 0. The van der Waals surface area contributed by atoms with Crippen LogP contribution >= 0.6 is 0 Å². The maximum absolute atomic E-state index is 12.8. The second-order valence-electron chi connectivity index (χ2n) is 6.09. The highest BCUT2D eigenvalue weighted by Gasteiger charge is 2.07. The molecule has 0 unspecified atom stereocenters. The average Bonchev–Trinajstić information content (AvgIpc) is 2.70. The van der Waals surface area contributed by atoms with Crippen molar-refractivity contribution in [1.82, 2.24) is 9.55 Å². The first-order valence-corrected chi connectivity index (χ1v) is 8.83. The summed E-state index contributed by atoms with van der Waals surface area (Å²) < 4.78 is 7.45. The van der Waals surface area contributed by atoms with E-state index in [4.69, 9.17) is 4.74 Å². The van der Waals surface area contributed by atoms with Crippen molar-refractivity contribution >= 4 is 12.2 Å². The Hall–Kier alpha value is -3.40. The van der Waals surface area contributed by atoms with E-state index in [9.17, 15) is 4.79 Å². The van der Waals surface area contributed by atoms with Gasteiger partial charge in [0, 0.05) is 7.05 Å². The molecule has 3 rings (SSSR count). The van der Waals surface area contributed by atoms with E-state index in [1.54, 1.807) is 23.8 Å². The van der Waals surface area contributed by atoms with Crippen LogP contribution in [0.5, 0.6) is 5.88 Å². The number of benzene rings is 2. The van der Waals surface area contributed by atoms with Gasteiger partial charge in [0.15, 0.2) is 0 Å². The van der Waals surface area contributed by atoms with Gasteiger partial charge in [-0.3, -0.25) is 4.79 Å². The van der Waals surface area contributed by atoms with Crippen LogP contribution < -0.4 is 21.0 Å². The molecule has 0 fully saturated rings. The predicted octanol–water partition coefficient (Wildman–Crippen LogP) is 2.39. The summed E-state index contributed by atoms with van der Waals surface area (Å²) in [6, 6.07) is 19.5. The maximum atomic E-state index is 12.8. The molecule has 4 heteroatoms. The van der Waals surface area contributed by atoms with Gasteiger partial charge >= 0.3 is 0 Å². The van der Waals surface area contributed by atoms with E-state index in [0.717, 1.165) is 11.1 Å². The summed E-state index contributed by atoms with van der Waals surface area (Å²) in [5.41, 5.74) is 1.72. The fourth-order valence-corrected chi connectivity index (χ4v) is 2.65. The molecule has 1 heterocycles. The van der Waals surface area contributed by atoms with Gasteiger partial charge in [-0.15, -0.1) is 6.58 Å². The summed E-state index contributed by atoms with van der Waals surface area (Å²) in [5.74, 6) is 0.435. The van der Waals surface area contributed by atoms with Crippen molar-refractivity contribution < 1.29 is 4.74 Å². The first kappa shape index (κ1) is 18.4. The van der Waals surface area contributed by atoms with Crippen LogP contribution in [-0.2, 0) is 7.05 Å². The number of nitrogens with zero attached hydrogens (tertiary/aromatic N) is 2.